The number of hydrogen-bond acceptors (Lipinski definition) is 3. The van der Waals surface area contributed by atoms with Crippen LogP contribution in [-0.2, 0) is 0 Å². The second kappa shape index (κ2) is 5.14. The van der Waals surface area contributed by atoms with Crippen LogP contribution in [-0.4, -0.2) is 11.0 Å². The van der Waals surface area contributed by atoms with Crippen LogP contribution in [0.4, 0.5) is 11.4 Å². The summed E-state index contributed by atoms with van der Waals surface area (Å²) in [5, 5.41) is 14.4. The minimum Gasteiger partial charge on any atom is -0.382 e. The van der Waals surface area contributed by atoms with E-state index in [1.54, 1.807) is 6.07 Å². The number of nitrogens with one attached hydrogen (secondary N) is 1. The van der Waals surface area contributed by atoms with E-state index < -0.39 is 4.92 Å². The molecule has 5 heteroatoms. The fraction of sp³-hybridized carbons (Fsp3) is 0.538. The first-order valence-electron chi connectivity index (χ1n) is 6.18. The van der Waals surface area contributed by atoms with Crippen molar-refractivity contribution in [2.24, 2.45) is 5.92 Å². The second-order valence-electron chi connectivity index (χ2n) is 5.14. The van der Waals surface area contributed by atoms with E-state index in [1.807, 2.05) is 6.92 Å². The highest BCUT2D eigenvalue weighted by atomic mass is 35.5. The van der Waals surface area contributed by atoms with Crippen molar-refractivity contribution in [2.45, 2.75) is 39.2 Å². The number of halogens is 1. The summed E-state index contributed by atoms with van der Waals surface area (Å²) in [4.78, 5) is 10.3. The van der Waals surface area contributed by atoms with E-state index in [0.717, 1.165) is 30.0 Å². The van der Waals surface area contributed by atoms with Crippen LogP contribution >= 0.6 is 11.6 Å². The first-order chi connectivity index (χ1) is 8.47. The lowest BCUT2D eigenvalue weighted by Crippen LogP contribution is -2.16. The third kappa shape index (κ3) is 2.75. The molecule has 1 saturated carbocycles. The SMILES string of the molecule is Cc1cc([N+](=O)[O-])c(Cl)cc1NC1CCC(C)C1. The number of rotatable bonds is 3. The van der Waals surface area contributed by atoms with Gasteiger partial charge in [0.1, 0.15) is 5.02 Å². The molecule has 1 aliphatic carbocycles. The van der Waals surface area contributed by atoms with Crippen molar-refractivity contribution in [3.8, 4) is 0 Å². The zero-order chi connectivity index (χ0) is 13.3. The Hall–Kier alpha value is -1.29. The maximum atomic E-state index is 10.8. The Morgan fingerprint density at radius 3 is 2.72 bits per heavy atom. The molecule has 1 aromatic carbocycles. The first kappa shape index (κ1) is 13.1. The van der Waals surface area contributed by atoms with Crippen LogP contribution in [0, 0.1) is 23.0 Å². The number of aryl methyl sites for hydroxylation is 1. The highest BCUT2D eigenvalue weighted by Crippen LogP contribution is 2.33. The molecule has 0 spiro atoms. The van der Waals surface area contributed by atoms with Gasteiger partial charge in [-0.3, -0.25) is 10.1 Å². The summed E-state index contributed by atoms with van der Waals surface area (Å²) in [5.74, 6) is 0.747. The number of benzene rings is 1. The van der Waals surface area contributed by atoms with E-state index in [2.05, 4.69) is 12.2 Å². The summed E-state index contributed by atoms with van der Waals surface area (Å²) in [6, 6.07) is 3.65. The molecule has 2 unspecified atom stereocenters. The van der Waals surface area contributed by atoms with E-state index >= 15 is 0 Å². The third-order valence-corrected chi connectivity index (χ3v) is 3.85. The fourth-order valence-corrected chi connectivity index (χ4v) is 2.75. The molecule has 0 aliphatic heterocycles. The molecule has 0 aromatic heterocycles. The minimum atomic E-state index is -0.448. The Morgan fingerprint density at radius 1 is 1.44 bits per heavy atom. The Bertz CT molecular complexity index is 476. The fourth-order valence-electron chi connectivity index (χ4n) is 2.52. The molecule has 1 N–H and O–H groups in total. The van der Waals surface area contributed by atoms with Crippen LogP contribution in [0.1, 0.15) is 31.7 Å². The van der Waals surface area contributed by atoms with Gasteiger partial charge in [0.2, 0.25) is 0 Å². The molecular weight excluding hydrogens is 252 g/mol. The van der Waals surface area contributed by atoms with Gasteiger partial charge in [0.25, 0.3) is 5.69 Å². The van der Waals surface area contributed by atoms with Crippen LogP contribution < -0.4 is 5.32 Å². The van der Waals surface area contributed by atoms with Gasteiger partial charge in [0, 0.05) is 17.8 Å². The van der Waals surface area contributed by atoms with E-state index in [1.165, 1.54) is 12.5 Å². The van der Waals surface area contributed by atoms with Gasteiger partial charge < -0.3 is 5.32 Å². The Balaban J connectivity index is 2.19. The maximum absolute atomic E-state index is 10.8. The number of nitrogens with zero attached hydrogens (tertiary/aromatic N) is 1. The lowest BCUT2D eigenvalue weighted by Gasteiger charge is -2.16. The molecule has 0 amide bonds. The molecule has 4 nitrogen and oxygen atoms in total. The Kier molecular flexibility index (Phi) is 3.76. The molecule has 0 heterocycles. The molecule has 1 aliphatic rings. The topological polar surface area (TPSA) is 55.2 Å². The summed E-state index contributed by atoms with van der Waals surface area (Å²) in [6.07, 6.45) is 3.53. The molecule has 98 valence electrons. The van der Waals surface area contributed by atoms with Crippen molar-refractivity contribution in [2.75, 3.05) is 5.32 Å². The van der Waals surface area contributed by atoms with E-state index in [9.17, 15) is 10.1 Å². The third-order valence-electron chi connectivity index (χ3n) is 3.54. The first-order valence-corrected chi connectivity index (χ1v) is 6.56. The molecule has 1 fully saturated rings. The van der Waals surface area contributed by atoms with Crippen molar-refractivity contribution >= 4 is 23.0 Å². The van der Waals surface area contributed by atoms with Crippen molar-refractivity contribution in [3.63, 3.8) is 0 Å². The van der Waals surface area contributed by atoms with E-state index in [-0.39, 0.29) is 10.7 Å². The largest absolute Gasteiger partial charge is 0.382 e. The number of nitro benzene ring substituents is 1. The quantitative estimate of drug-likeness (QED) is 0.662. The lowest BCUT2D eigenvalue weighted by molar-refractivity contribution is -0.384. The minimum absolute atomic E-state index is 0.0282. The zero-order valence-corrected chi connectivity index (χ0v) is 11.3. The molecule has 0 saturated heterocycles. The molecule has 2 atom stereocenters. The number of nitro groups is 1. The Labute approximate surface area is 111 Å². The van der Waals surface area contributed by atoms with Gasteiger partial charge in [-0.05, 0) is 43.7 Å². The number of anilines is 1. The molecule has 2 rings (SSSR count). The van der Waals surface area contributed by atoms with Gasteiger partial charge in [-0.25, -0.2) is 0 Å². The van der Waals surface area contributed by atoms with E-state index in [0.29, 0.717) is 6.04 Å². The smallest absolute Gasteiger partial charge is 0.288 e. The summed E-state index contributed by atoms with van der Waals surface area (Å²) in [6.45, 7) is 4.11. The van der Waals surface area contributed by atoms with Crippen molar-refractivity contribution in [1.82, 2.24) is 0 Å². The van der Waals surface area contributed by atoms with Crippen LogP contribution in [0.5, 0.6) is 0 Å². The molecule has 0 radical (unpaired) electrons. The summed E-state index contributed by atoms with van der Waals surface area (Å²) in [5.41, 5.74) is 1.75. The summed E-state index contributed by atoms with van der Waals surface area (Å²) < 4.78 is 0. The van der Waals surface area contributed by atoms with Gasteiger partial charge >= 0.3 is 0 Å². The van der Waals surface area contributed by atoms with Crippen LogP contribution in [0.15, 0.2) is 12.1 Å². The number of hydrogen-bond donors (Lipinski definition) is 1. The normalized spacial score (nSPS) is 23.1. The average molecular weight is 269 g/mol. The zero-order valence-electron chi connectivity index (χ0n) is 10.6. The van der Waals surface area contributed by atoms with Crippen LogP contribution in [0.3, 0.4) is 0 Å². The van der Waals surface area contributed by atoms with Gasteiger partial charge in [0.15, 0.2) is 0 Å². The van der Waals surface area contributed by atoms with E-state index in [4.69, 9.17) is 11.6 Å². The molecule has 18 heavy (non-hydrogen) atoms. The van der Waals surface area contributed by atoms with Crippen molar-refractivity contribution < 1.29 is 4.92 Å². The van der Waals surface area contributed by atoms with Gasteiger partial charge in [-0.1, -0.05) is 18.5 Å². The molecule has 1 aromatic rings. The molecule has 0 bridgehead atoms. The predicted octanol–water partition coefficient (Wildman–Crippen LogP) is 4.16. The highest BCUT2D eigenvalue weighted by Gasteiger charge is 2.22. The summed E-state index contributed by atoms with van der Waals surface area (Å²) in [7, 11) is 0. The summed E-state index contributed by atoms with van der Waals surface area (Å²) >= 11 is 5.93. The van der Waals surface area contributed by atoms with Gasteiger partial charge in [0.05, 0.1) is 4.92 Å². The lowest BCUT2D eigenvalue weighted by atomic mass is 10.1. The standard InChI is InChI=1S/C13H17ClN2O2/c1-8-3-4-10(5-8)15-12-7-11(14)13(16(17)18)6-9(12)2/h6-8,10,15H,3-5H2,1-2H3. The van der Waals surface area contributed by atoms with Gasteiger partial charge in [-0.15, -0.1) is 0 Å². The average Bonchev–Trinajstić information content (AvgIpc) is 2.68. The monoisotopic (exact) mass is 268 g/mol. The molecular formula is C13H17ClN2O2. The van der Waals surface area contributed by atoms with Crippen LogP contribution in [0.2, 0.25) is 5.02 Å². The maximum Gasteiger partial charge on any atom is 0.288 e. The second-order valence-corrected chi connectivity index (χ2v) is 5.54. The highest BCUT2D eigenvalue weighted by molar-refractivity contribution is 6.33. The van der Waals surface area contributed by atoms with Crippen molar-refractivity contribution in [3.05, 3.63) is 32.8 Å². The Morgan fingerprint density at radius 2 is 2.17 bits per heavy atom. The van der Waals surface area contributed by atoms with Crippen LogP contribution in [0.25, 0.3) is 0 Å². The van der Waals surface area contributed by atoms with Gasteiger partial charge in [-0.2, -0.15) is 0 Å². The van der Waals surface area contributed by atoms with Crippen molar-refractivity contribution in [1.29, 1.82) is 0 Å². The predicted molar refractivity (Wildman–Crippen MR) is 73.3 cm³/mol.